The van der Waals surface area contributed by atoms with Crippen LogP contribution >= 0.6 is 27.5 Å². The van der Waals surface area contributed by atoms with Gasteiger partial charge in [-0.05, 0) is 47.9 Å². The third-order valence-corrected chi connectivity index (χ3v) is 3.60. The Bertz CT molecular complexity index is 370. The quantitative estimate of drug-likeness (QED) is 0.780. The van der Waals surface area contributed by atoms with Gasteiger partial charge in [0.05, 0.1) is 5.88 Å². The second kappa shape index (κ2) is 6.57. The second-order valence-corrected chi connectivity index (χ2v) is 5.33. The van der Waals surface area contributed by atoms with Crippen LogP contribution in [-0.4, -0.2) is 36.1 Å². The Morgan fingerprint density at radius 3 is 2.88 bits per heavy atom. The molecule has 0 N–H and O–H groups in total. The lowest BCUT2D eigenvalue weighted by molar-refractivity contribution is 0.230. The molecule has 0 bridgehead atoms. The van der Waals surface area contributed by atoms with Crippen LogP contribution in [0.5, 0.6) is 5.88 Å². The summed E-state index contributed by atoms with van der Waals surface area (Å²) >= 11 is 9.23. The molecule has 2 heterocycles. The molecule has 0 aromatic carbocycles. The highest BCUT2D eigenvalue weighted by atomic mass is 79.9. The Morgan fingerprint density at radius 2 is 2.18 bits per heavy atom. The molecule has 3 nitrogen and oxygen atoms in total. The van der Waals surface area contributed by atoms with E-state index in [0.717, 1.165) is 16.6 Å². The van der Waals surface area contributed by atoms with Gasteiger partial charge in [0, 0.05) is 22.8 Å². The summed E-state index contributed by atoms with van der Waals surface area (Å²) in [4.78, 5) is 6.66. The standard InChI is InChI=1S/C12H16BrClN2O/c13-11-7-10(8-14)12(15-9-11)17-6-5-16-3-1-2-4-16/h7,9H,1-6,8H2. The smallest absolute Gasteiger partial charge is 0.217 e. The lowest BCUT2D eigenvalue weighted by Gasteiger charge is -2.15. The maximum Gasteiger partial charge on any atom is 0.217 e. The maximum absolute atomic E-state index is 5.86. The van der Waals surface area contributed by atoms with E-state index in [1.54, 1.807) is 6.20 Å². The molecule has 94 valence electrons. The van der Waals surface area contributed by atoms with Gasteiger partial charge in [-0.15, -0.1) is 11.6 Å². The Morgan fingerprint density at radius 1 is 1.41 bits per heavy atom. The van der Waals surface area contributed by atoms with Crippen LogP contribution in [-0.2, 0) is 5.88 Å². The van der Waals surface area contributed by atoms with Crippen molar-refractivity contribution in [3.8, 4) is 5.88 Å². The fourth-order valence-electron chi connectivity index (χ4n) is 1.97. The Hall–Kier alpha value is -0.320. The summed E-state index contributed by atoms with van der Waals surface area (Å²) in [6.07, 6.45) is 4.36. The van der Waals surface area contributed by atoms with E-state index in [1.807, 2.05) is 6.07 Å². The van der Waals surface area contributed by atoms with Crippen LogP contribution in [0.4, 0.5) is 0 Å². The van der Waals surface area contributed by atoms with E-state index < -0.39 is 0 Å². The van der Waals surface area contributed by atoms with Crippen LogP contribution < -0.4 is 4.74 Å². The maximum atomic E-state index is 5.86. The first-order valence-electron chi connectivity index (χ1n) is 5.85. The molecule has 17 heavy (non-hydrogen) atoms. The van der Waals surface area contributed by atoms with Crippen molar-refractivity contribution in [2.24, 2.45) is 0 Å². The molecule has 1 aliphatic heterocycles. The zero-order valence-corrected chi connectivity index (χ0v) is 12.0. The molecule has 1 aromatic rings. The SMILES string of the molecule is ClCc1cc(Br)cnc1OCCN1CCCC1. The second-order valence-electron chi connectivity index (χ2n) is 4.15. The molecule has 1 aliphatic rings. The van der Waals surface area contributed by atoms with Gasteiger partial charge in [0.1, 0.15) is 6.61 Å². The van der Waals surface area contributed by atoms with Crippen molar-refractivity contribution in [1.82, 2.24) is 9.88 Å². The summed E-state index contributed by atoms with van der Waals surface area (Å²) in [7, 11) is 0. The van der Waals surface area contributed by atoms with E-state index in [0.29, 0.717) is 18.4 Å². The predicted molar refractivity (Wildman–Crippen MR) is 72.7 cm³/mol. The van der Waals surface area contributed by atoms with Gasteiger partial charge in [-0.25, -0.2) is 4.98 Å². The number of rotatable bonds is 5. The number of likely N-dealkylation sites (tertiary alicyclic amines) is 1. The molecule has 0 saturated carbocycles. The zero-order chi connectivity index (χ0) is 12.1. The predicted octanol–water partition coefficient (Wildman–Crippen LogP) is 3.06. The first-order chi connectivity index (χ1) is 8.29. The van der Waals surface area contributed by atoms with Crippen molar-refractivity contribution in [3.63, 3.8) is 0 Å². The van der Waals surface area contributed by atoms with Crippen LogP contribution in [0.15, 0.2) is 16.7 Å². The van der Waals surface area contributed by atoms with Gasteiger partial charge in [-0.2, -0.15) is 0 Å². The highest BCUT2D eigenvalue weighted by Crippen LogP contribution is 2.21. The zero-order valence-electron chi connectivity index (χ0n) is 9.66. The first-order valence-corrected chi connectivity index (χ1v) is 7.18. The molecular formula is C12H16BrClN2O. The fraction of sp³-hybridized carbons (Fsp3) is 0.583. The molecule has 1 fully saturated rings. The molecule has 1 saturated heterocycles. The summed E-state index contributed by atoms with van der Waals surface area (Å²) in [6.45, 7) is 4.04. The Balaban J connectivity index is 1.85. The van der Waals surface area contributed by atoms with Gasteiger partial charge in [-0.3, -0.25) is 4.90 Å². The minimum atomic E-state index is 0.422. The molecule has 0 spiro atoms. The van der Waals surface area contributed by atoms with Crippen molar-refractivity contribution in [2.45, 2.75) is 18.7 Å². The van der Waals surface area contributed by atoms with Gasteiger partial charge >= 0.3 is 0 Å². The number of hydrogen-bond acceptors (Lipinski definition) is 3. The molecule has 0 amide bonds. The van der Waals surface area contributed by atoms with E-state index in [2.05, 4.69) is 25.8 Å². The molecule has 0 unspecified atom stereocenters. The average Bonchev–Trinajstić information content (AvgIpc) is 2.84. The highest BCUT2D eigenvalue weighted by Gasteiger charge is 2.11. The minimum Gasteiger partial charge on any atom is -0.476 e. The van der Waals surface area contributed by atoms with Crippen LogP contribution in [0, 0.1) is 0 Å². The molecule has 0 aliphatic carbocycles. The molecule has 5 heteroatoms. The van der Waals surface area contributed by atoms with Crippen LogP contribution in [0.25, 0.3) is 0 Å². The van der Waals surface area contributed by atoms with Crippen LogP contribution in [0.1, 0.15) is 18.4 Å². The lowest BCUT2D eigenvalue weighted by atomic mass is 10.3. The Kier molecular flexibility index (Phi) is 5.07. The number of pyridine rings is 1. The molecule has 0 radical (unpaired) electrons. The summed E-state index contributed by atoms with van der Waals surface area (Å²) in [5, 5.41) is 0. The molecular weight excluding hydrogens is 304 g/mol. The van der Waals surface area contributed by atoms with E-state index >= 15 is 0 Å². The fourth-order valence-corrected chi connectivity index (χ4v) is 2.54. The number of nitrogens with zero attached hydrogens (tertiary/aromatic N) is 2. The van der Waals surface area contributed by atoms with Crippen LogP contribution in [0.2, 0.25) is 0 Å². The topological polar surface area (TPSA) is 25.4 Å². The Labute approximate surface area is 115 Å². The average molecular weight is 320 g/mol. The summed E-state index contributed by atoms with van der Waals surface area (Å²) in [5.41, 5.74) is 0.933. The molecule has 2 rings (SSSR count). The van der Waals surface area contributed by atoms with Gasteiger partial charge in [0.25, 0.3) is 0 Å². The van der Waals surface area contributed by atoms with Crippen molar-refractivity contribution in [1.29, 1.82) is 0 Å². The largest absolute Gasteiger partial charge is 0.476 e. The van der Waals surface area contributed by atoms with E-state index in [9.17, 15) is 0 Å². The number of aromatic nitrogens is 1. The number of alkyl halides is 1. The summed E-state index contributed by atoms with van der Waals surface area (Å²) in [5.74, 6) is 1.08. The first kappa shape index (κ1) is 13.1. The van der Waals surface area contributed by atoms with Gasteiger partial charge < -0.3 is 4.74 Å². The third-order valence-electron chi connectivity index (χ3n) is 2.88. The van der Waals surface area contributed by atoms with Crippen molar-refractivity contribution in [2.75, 3.05) is 26.2 Å². The number of halogens is 2. The third kappa shape index (κ3) is 3.83. The molecule has 0 atom stereocenters. The number of hydrogen-bond donors (Lipinski definition) is 0. The van der Waals surface area contributed by atoms with Crippen LogP contribution in [0.3, 0.4) is 0 Å². The van der Waals surface area contributed by atoms with E-state index in [4.69, 9.17) is 16.3 Å². The summed E-state index contributed by atoms with van der Waals surface area (Å²) < 4.78 is 6.62. The van der Waals surface area contributed by atoms with E-state index in [1.165, 1.54) is 25.9 Å². The van der Waals surface area contributed by atoms with Crippen molar-refractivity contribution in [3.05, 3.63) is 22.3 Å². The van der Waals surface area contributed by atoms with Gasteiger partial charge in [-0.1, -0.05) is 0 Å². The minimum absolute atomic E-state index is 0.422. The van der Waals surface area contributed by atoms with Gasteiger partial charge in [0.2, 0.25) is 5.88 Å². The monoisotopic (exact) mass is 318 g/mol. The summed E-state index contributed by atoms with van der Waals surface area (Å²) in [6, 6.07) is 1.95. The van der Waals surface area contributed by atoms with E-state index in [-0.39, 0.29) is 0 Å². The van der Waals surface area contributed by atoms with Crippen molar-refractivity contribution >= 4 is 27.5 Å². The van der Waals surface area contributed by atoms with Crippen molar-refractivity contribution < 1.29 is 4.74 Å². The lowest BCUT2D eigenvalue weighted by Crippen LogP contribution is -2.25. The molecule has 1 aromatic heterocycles. The highest BCUT2D eigenvalue weighted by molar-refractivity contribution is 9.10. The van der Waals surface area contributed by atoms with Gasteiger partial charge in [0.15, 0.2) is 0 Å². The normalized spacial score (nSPS) is 16.4. The number of ether oxygens (including phenoxy) is 1.